The normalized spacial score (nSPS) is 13.9. The average Bonchev–Trinajstić information content (AvgIpc) is 2.88. The Balaban J connectivity index is 1.39. The second-order valence-corrected chi connectivity index (χ2v) is 9.19. The molecule has 1 aliphatic rings. The summed E-state index contributed by atoms with van der Waals surface area (Å²) in [5.74, 6) is -0.0552. The van der Waals surface area contributed by atoms with E-state index < -0.39 is 10.0 Å². The minimum absolute atomic E-state index is 0.0225. The van der Waals surface area contributed by atoms with E-state index in [1.165, 1.54) is 50.0 Å². The van der Waals surface area contributed by atoms with Crippen LogP contribution >= 0.6 is 0 Å². The lowest BCUT2D eigenvalue weighted by Gasteiger charge is -2.34. The molecule has 176 valence electrons. The number of benzene rings is 2. The maximum atomic E-state index is 12.9. The SMILES string of the molecule is COc1ccccc1NS(=O)(=O)c1ccc(C(=O)N2CCN(C(=O)c3cnccn3)CC2)cc1. The molecule has 10 nitrogen and oxygen atoms in total. The Labute approximate surface area is 197 Å². The number of methoxy groups -OCH3 is 1. The van der Waals surface area contributed by atoms with Gasteiger partial charge in [0.15, 0.2) is 0 Å². The summed E-state index contributed by atoms with van der Waals surface area (Å²) in [7, 11) is -2.41. The van der Waals surface area contributed by atoms with Gasteiger partial charge in [0.25, 0.3) is 21.8 Å². The second kappa shape index (κ2) is 9.87. The quantitative estimate of drug-likeness (QED) is 0.570. The average molecular weight is 482 g/mol. The molecule has 0 saturated carbocycles. The summed E-state index contributed by atoms with van der Waals surface area (Å²) in [5, 5.41) is 0. The molecule has 1 aliphatic heterocycles. The number of piperazine rings is 1. The van der Waals surface area contributed by atoms with Gasteiger partial charge < -0.3 is 14.5 Å². The van der Waals surface area contributed by atoms with Crippen LogP contribution < -0.4 is 9.46 Å². The van der Waals surface area contributed by atoms with E-state index in [4.69, 9.17) is 4.74 Å². The molecule has 2 aromatic carbocycles. The molecule has 4 rings (SSSR count). The van der Waals surface area contributed by atoms with Crippen LogP contribution in [0.1, 0.15) is 20.8 Å². The van der Waals surface area contributed by atoms with Gasteiger partial charge in [0, 0.05) is 44.1 Å². The van der Waals surface area contributed by atoms with Gasteiger partial charge in [-0.15, -0.1) is 0 Å². The lowest BCUT2D eigenvalue weighted by atomic mass is 10.2. The van der Waals surface area contributed by atoms with Crippen molar-refractivity contribution in [3.8, 4) is 5.75 Å². The Morgan fingerprint density at radius 2 is 1.56 bits per heavy atom. The zero-order chi connectivity index (χ0) is 24.1. The summed E-state index contributed by atoms with van der Waals surface area (Å²) in [6, 6.07) is 12.4. The fourth-order valence-corrected chi connectivity index (χ4v) is 4.65. The molecule has 0 aliphatic carbocycles. The molecule has 0 bridgehead atoms. The van der Waals surface area contributed by atoms with E-state index in [-0.39, 0.29) is 22.4 Å². The fourth-order valence-electron chi connectivity index (χ4n) is 3.58. The van der Waals surface area contributed by atoms with Crippen LogP contribution in [0.15, 0.2) is 72.0 Å². The third-order valence-corrected chi connectivity index (χ3v) is 6.78. The molecule has 1 saturated heterocycles. The van der Waals surface area contributed by atoms with Crippen molar-refractivity contribution in [3.63, 3.8) is 0 Å². The molecule has 1 fully saturated rings. The Morgan fingerprint density at radius 1 is 0.912 bits per heavy atom. The van der Waals surface area contributed by atoms with E-state index in [0.717, 1.165) is 0 Å². The van der Waals surface area contributed by atoms with Crippen LogP contribution in [0.2, 0.25) is 0 Å². The zero-order valence-corrected chi connectivity index (χ0v) is 19.2. The van der Waals surface area contributed by atoms with Crippen LogP contribution in [0.25, 0.3) is 0 Å². The number of amides is 2. The number of nitrogens with one attached hydrogen (secondary N) is 1. The number of ether oxygens (including phenoxy) is 1. The molecule has 0 unspecified atom stereocenters. The number of hydrogen-bond donors (Lipinski definition) is 1. The van der Waals surface area contributed by atoms with Gasteiger partial charge in [-0.05, 0) is 36.4 Å². The predicted molar refractivity (Wildman–Crippen MR) is 124 cm³/mol. The number of hydrogen-bond acceptors (Lipinski definition) is 7. The lowest BCUT2D eigenvalue weighted by Crippen LogP contribution is -2.50. The van der Waals surface area contributed by atoms with E-state index >= 15 is 0 Å². The number of aromatic nitrogens is 2. The first-order valence-corrected chi connectivity index (χ1v) is 12.0. The smallest absolute Gasteiger partial charge is 0.274 e. The molecule has 3 aromatic rings. The molecular weight excluding hydrogens is 458 g/mol. The molecule has 1 N–H and O–H groups in total. The maximum absolute atomic E-state index is 12.9. The minimum Gasteiger partial charge on any atom is -0.495 e. The number of para-hydroxylation sites is 2. The largest absolute Gasteiger partial charge is 0.495 e. The maximum Gasteiger partial charge on any atom is 0.274 e. The van der Waals surface area contributed by atoms with Crippen LogP contribution in [0.3, 0.4) is 0 Å². The summed E-state index contributed by atoms with van der Waals surface area (Å²) in [4.78, 5) is 36.6. The van der Waals surface area contributed by atoms with Gasteiger partial charge in [-0.2, -0.15) is 0 Å². The number of rotatable bonds is 6. The van der Waals surface area contributed by atoms with E-state index in [2.05, 4.69) is 14.7 Å². The molecular formula is C23H23N5O5S. The molecule has 0 radical (unpaired) electrons. The molecule has 2 heterocycles. The summed E-state index contributed by atoms with van der Waals surface area (Å²) >= 11 is 0. The van der Waals surface area contributed by atoms with Gasteiger partial charge in [0.2, 0.25) is 0 Å². The predicted octanol–water partition coefficient (Wildman–Crippen LogP) is 1.88. The Kier molecular flexibility index (Phi) is 6.73. The minimum atomic E-state index is -3.87. The van der Waals surface area contributed by atoms with Crippen molar-refractivity contribution in [1.82, 2.24) is 19.8 Å². The highest BCUT2D eigenvalue weighted by Gasteiger charge is 2.26. The summed E-state index contributed by atoms with van der Waals surface area (Å²) < 4.78 is 33.2. The first kappa shape index (κ1) is 23.2. The van der Waals surface area contributed by atoms with Gasteiger partial charge in [0.1, 0.15) is 11.4 Å². The van der Waals surface area contributed by atoms with Crippen molar-refractivity contribution >= 4 is 27.5 Å². The monoisotopic (exact) mass is 481 g/mol. The third kappa shape index (κ3) is 4.99. The van der Waals surface area contributed by atoms with Crippen LogP contribution in [0.5, 0.6) is 5.75 Å². The Hall–Kier alpha value is -3.99. The fraction of sp³-hybridized carbons (Fsp3) is 0.217. The Bertz CT molecular complexity index is 1270. The number of sulfonamides is 1. The van der Waals surface area contributed by atoms with E-state index in [1.54, 1.807) is 34.1 Å². The molecule has 0 atom stereocenters. The number of carbonyl (C=O) groups excluding carboxylic acids is 2. The van der Waals surface area contributed by atoms with Crippen LogP contribution in [-0.4, -0.2) is 73.3 Å². The summed E-state index contributed by atoms with van der Waals surface area (Å²) in [5.41, 5.74) is 0.949. The van der Waals surface area contributed by atoms with Crippen LogP contribution in [0.4, 0.5) is 5.69 Å². The highest BCUT2D eigenvalue weighted by atomic mass is 32.2. The first-order valence-electron chi connectivity index (χ1n) is 10.5. The van der Waals surface area contributed by atoms with Crippen LogP contribution in [-0.2, 0) is 10.0 Å². The first-order chi connectivity index (χ1) is 16.4. The summed E-state index contributed by atoms with van der Waals surface area (Å²) in [6.45, 7) is 1.47. The highest BCUT2D eigenvalue weighted by Crippen LogP contribution is 2.26. The van der Waals surface area contributed by atoms with E-state index in [9.17, 15) is 18.0 Å². The van der Waals surface area contributed by atoms with Crippen LogP contribution in [0, 0.1) is 0 Å². The van der Waals surface area contributed by atoms with Crippen molar-refractivity contribution in [1.29, 1.82) is 0 Å². The van der Waals surface area contributed by atoms with Crippen molar-refractivity contribution in [3.05, 3.63) is 78.4 Å². The highest BCUT2D eigenvalue weighted by molar-refractivity contribution is 7.92. The molecule has 2 amide bonds. The number of carbonyl (C=O) groups is 2. The van der Waals surface area contributed by atoms with Crippen molar-refractivity contribution in [2.75, 3.05) is 38.0 Å². The number of anilines is 1. The molecule has 34 heavy (non-hydrogen) atoms. The third-order valence-electron chi connectivity index (χ3n) is 5.40. The van der Waals surface area contributed by atoms with Gasteiger partial charge in [-0.1, -0.05) is 12.1 Å². The molecule has 11 heteroatoms. The van der Waals surface area contributed by atoms with Gasteiger partial charge in [-0.3, -0.25) is 19.3 Å². The molecule has 1 aromatic heterocycles. The zero-order valence-electron chi connectivity index (χ0n) is 18.4. The van der Waals surface area contributed by atoms with Gasteiger partial charge in [-0.25, -0.2) is 13.4 Å². The number of nitrogens with zero attached hydrogens (tertiary/aromatic N) is 4. The topological polar surface area (TPSA) is 122 Å². The lowest BCUT2D eigenvalue weighted by molar-refractivity contribution is 0.0532. The Morgan fingerprint density at radius 3 is 2.18 bits per heavy atom. The standard InChI is InChI=1S/C23H23N5O5S/c1-33-21-5-3-2-4-19(21)26-34(31,32)18-8-6-17(7-9-18)22(29)27-12-14-28(15-13-27)23(30)20-16-24-10-11-25-20/h2-11,16,26H,12-15H2,1H3. The van der Waals surface area contributed by atoms with Crippen molar-refractivity contribution < 1.29 is 22.7 Å². The van der Waals surface area contributed by atoms with E-state index in [1.807, 2.05) is 0 Å². The summed E-state index contributed by atoms with van der Waals surface area (Å²) in [6.07, 6.45) is 4.37. The van der Waals surface area contributed by atoms with Gasteiger partial charge >= 0.3 is 0 Å². The van der Waals surface area contributed by atoms with Crippen molar-refractivity contribution in [2.24, 2.45) is 0 Å². The van der Waals surface area contributed by atoms with E-state index in [0.29, 0.717) is 43.2 Å². The second-order valence-electron chi connectivity index (χ2n) is 7.51. The van der Waals surface area contributed by atoms with Crippen molar-refractivity contribution in [2.45, 2.75) is 4.90 Å². The molecule has 0 spiro atoms. The van der Waals surface area contributed by atoms with Gasteiger partial charge in [0.05, 0.1) is 23.9 Å².